The highest BCUT2D eigenvalue weighted by Crippen LogP contribution is 2.44. The van der Waals surface area contributed by atoms with Crippen LogP contribution < -0.4 is 4.90 Å². The van der Waals surface area contributed by atoms with Gasteiger partial charge in [0.2, 0.25) is 5.91 Å². The number of amides is 1. The van der Waals surface area contributed by atoms with Gasteiger partial charge in [0.25, 0.3) is 0 Å². The first-order valence-corrected chi connectivity index (χ1v) is 7.11. The summed E-state index contributed by atoms with van der Waals surface area (Å²) in [5, 5.41) is 3.39. The van der Waals surface area contributed by atoms with Crippen LogP contribution in [0.3, 0.4) is 0 Å². The maximum Gasteiger partial charge on any atom is 0.236 e. The van der Waals surface area contributed by atoms with Crippen LogP contribution >= 0.6 is 0 Å². The Labute approximate surface area is 123 Å². The zero-order chi connectivity index (χ0) is 14.8. The molecule has 0 spiro atoms. The number of benzene rings is 2. The topological polar surface area (TPSA) is 33.2 Å². The second-order valence-corrected chi connectivity index (χ2v) is 6.19. The van der Waals surface area contributed by atoms with Crippen molar-refractivity contribution in [2.24, 2.45) is 0 Å². The van der Waals surface area contributed by atoms with Crippen LogP contribution in [0.1, 0.15) is 19.4 Å². The van der Waals surface area contributed by atoms with Gasteiger partial charge >= 0.3 is 0 Å². The van der Waals surface area contributed by atoms with Crippen LogP contribution in [0.25, 0.3) is 21.7 Å². The molecule has 0 atom stereocenters. The number of pyridine rings is 1. The van der Waals surface area contributed by atoms with Crippen molar-refractivity contribution < 1.29 is 4.79 Å². The Morgan fingerprint density at radius 3 is 2.62 bits per heavy atom. The van der Waals surface area contributed by atoms with Gasteiger partial charge in [-0.05, 0) is 19.2 Å². The Balaban J connectivity index is 2.20. The molecule has 0 unspecified atom stereocenters. The molecule has 0 bridgehead atoms. The van der Waals surface area contributed by atoms with E-state index in [2.05, 4.69) is 29.2 Å². The molecule has 0 fully saturated rings. The average molecular weight is 276 g/mol. The standard InChI is InChI=1S/C18H16N2O/c1-18(2)15-13-9-8-11-6-4-5-7-12(11)16(13)19-10-14(15)20(3)17(18)21/h4-10H,1-3H3. The van der Waals surface area contributed by atoms with Crippen LogP contribution in [0.15, 0.2) is 42.6 Å². The molecule has 1 amide bonds. The van der Waals surface area contributed by atoms with Crippen molar-refractivity contribution in [1.82, 2.24) is 4.98 Å². The number of likely N-dealkylation sites (N-methyl/N-ethyl adjacent to an activating group) is 1. The molecule has 2 heterocycles. The summed E-state index contributed by atoms with van der Waals surface area (Å²) in [5.41, 5.74) is 2.48. The van der Waals surface area contributed by atoms with E-state index < -0.39 is 5.41 Å². The van der Waals surface area contributed by atoms with Crippen LogP contribution in [-0.2, 0) is 10.2 Å². The predicted octanol–water partition coefficient (Wildman–Crippen LogP) is 3.64. The molecular formula is C18H16N2O. The van der Waals surface area contributed by atoms with E-state index in [4.69, 9.17) is 0 Å². The van der Waals surface area contributed by atoms with Crippen molar-refractivity contribution in [1.29, 1.82) is 0 Å². The molecule has 3 nitrogen and oxygen atoms in total. The third kappa shape index (κ3) is 1.43. The fraction of sp³-hybridized carbons (Fsp3) is 0.222. The summed E-state index contributed by atoms with van der Waals surface area (Å²) in [6, 6.07) is 12.4. The van der Waals surface area contributed by atoms with Gasteiger partial charge in [0, 0.05) is 23.4 Å². The average Bonchev–Trinajstić information content (AvgIpc) is 2.68. The van der Waals surface area contributed by atoms with E-state index >= 15 is 0 Å². The van der Waals surface area contributed by atoms with Crippen molar-refractivity contribution in [3.05, 3.63) is 48.2 Å². The molecule has 0 saturated carbocycles. The van der Waals surface area contributed by atoms with Gasteiger partial charge in [-0.1, -0.05) is 36.4 Å². The molecule has 3 heteroatoms. The highest BCUT2D eigenvalue weighted by molar-refractivity contribution is 6.15. The highest BCUT2D eigenvalue weighted by Gasteiger charge is 2.43. The summed E-state index contributed by atoms with van der Waals surface area (Å²) >= 11 is 0. The maximum atomic E-state index is 12.5. The Morgan fingerprint density at radius 2 is 1.81 bits per heavy atom. The number of fused-ring (bicyclic) bond motifs is 5. The Morgan fingerprint density at radius 1 is 1.05 bits per heavy atom. The van der Waals surface area contributed by atoms with Crippen molar-refractivity contribution in [2.75, 3.05) is 11.9 Å². The second-order valence-electron chi connectivity index (χ2n) is 6.19. The molecule has 0 N–H and O–H groups in total. The zero-order valence-electron chi connectivity index (χ0n) is 12.3. The minimum absolute atomic E-state index is 0.125. The summed E-state index contributed by atoms with van der Waals surface area (Å²) in [7, 11) is 1.82. The first-order valence-electron chi connectivity index (χ1n) is 7.11. The lowest BCUT2D eigenvalue weighted by molar-refractivity contribution is -0.121. The van der Waals surface area contributed by atoms with Crippen molar-refractivity contribution >= 4 is 33.3 Å². The Bertz CT molecular complexity index is 912. The van der Waals surface area contributed by atoms with E-state index in [1.165, 1.54) is 5.39 Å². The van der Waals surface area contributed by atoms with Gasteiger partial charge < -0.3 is 4.90 Å². The first-order chi connectivity index (χ1) is 10.0. The molecule has 1 aliphatic rings. The van der Waals surface area contributed by atoms with Crippen LogP contribution in [0.2, 0.25) is 0 Å². The molecule has 2 aromatic carbocycles. The lowest BCUT2D eigenvalue weighted by Crippen LogP contribution is -2.33. The highest BCUT2D eigenvalue weighted by atomic mass is 16.2. The third-order valence-electron chi connectivity index (χ3n) is 4.57. The van der Waals surface area contributed by atoms with E-state index in [9.17, 15) is 4.79 Å². The van der Waals surface area contributed by atoms with Crippen LogP contribution in [0, 0.1) is 0 Å². The minimum Gasteiger partial charge on any atom is -0.313 e. The lowest BCUT2D eigenvalue weighted by atomic mass is 9.83. The van der Waals surface area contributed by atoms with Gasteiger partial charge in [-0.2, -0.15) is 0 Å². The van der Waals surface area contributed by atoms with E-state index in [-0.39, 0.29) is 5.91 Å². The molecule has 104 valence electrons. The van der Waals surface area contributed by atoms with Crippen molar-refractivity contribution in [3.8, 4) is 0 Å². The molecule has 3 aromatic rings. The maximum absolute atomic E-state index is 12.5. The molecule has 1 aromatic heterocycles. The van der Waals surface area contributed by atoms with Gasteiger partial charge in [0.05, 0.1) is 22.8 Å². The minimum atomic E-state index is -0.506. The van der Waals surface area contributed by atoms with Crippen molar-refractivity contribution in [2.45, 2.75) is 19.3 Å². The van der Waals surface area contributed by atoms with E-state index in [1.807, 2.05) is 39.2 Å². The SMILES string of the molecule is CN1C(=O)C(C)(C)c2c1cnc1c2ccc2ccccc21. The summed E-state index contributed by atoms with van der Waals surface area (Å²) in [6.45, 7) is 3.98. The van der Waals surface area contributed by atoms with Crippen molar-refractivity contribution in [3.63, 3.8) is 0 Å². The van der Waals surface area contributed by atoms with Crippen LogP contribution in [-0.4, -0.2) is 17.9 Å². The van der Waals surface area contributed by atoms with E-state index in [1.54, 1.807) is 4.90 Å². The largest absolute Gasteiger partial charge is 0.313 e. The lowest BCUT2D eigenvalue weighted by Gasteiger charge is -2.18. The summed E-state index contributed by atoms with van der Waals surface area (Å²) in [5.74, 6) is 0.125. The van der Waals surface area contributed by atoms with Gasteiger partial charge in [-0.3, -0.25) is 9.78 Å². The summed E-state index contributed by atoms with van der Waals surface area (Å²) in [6.07, 6.45) is 1.83. The third-order valence-corrected chi connectivity index (χ3v) is 4.57. The van der Waals surface area contributed by atoms with Crippen LogP contribution in [0.5, 0.6) is 0 Å². The number of nitrogens with zero attached hydrogens (tertiary/aromatic N) is 2. The van der Waals surface area contributed by atoms with E-state index in [0.717, 1.165) is 27.5 Å². The second kappa shape index (κ2) is 3.82. The smallest absolute Gasteiger partial charge is 0.236 e. The molecule has 0 saturated heterocycles. The van der Waals surface area contributed by atoms with E-state index in [0.29, 0.717) is 0 Å². The normalized spacial score (nSPS) is 16.7. The predicted molar refractivity (Wildman–Crippen MR) is 85.7 cm³/mol. The monoisotopic (exact) mass is 276 g/mol. The zero-order valence-corrected chi connectivity index (χ0v) is 12.3. The molecule has 4 rings (SSSR count). The summed E-state index contributed by atoms with van der Waals surface area (Å²) in [4.78, 5) is 18.8. The number of carbonyl (C=O) groups excluding carboxylic acids is 1. The number of hydrogen-bond donors (Lipinski definition) is 0. The van der Waals surface area contributed by atoms with Gasteiger partial charge in [-0.15, -0.1) is 0 Å². The first kappa shape index (κ1) is 12.3. The fourth-order valence-corrected chi connectivity index (χ4v) is 3.47. The summed E-state index contributed by atoms with van der Waals surface area (Å²) < 4.78 is 0. The number of aromatic nitrogens is 1. The molecule has 0 radical (unpaired) electrons. The fourth-order valence-electron chi connectivity index (χ4n) is 3.47. The molecule has 1 aliphatic heterocycles. The number of carbonyl (C=O) groups is 1. The number of hydrogen-bond acceptors (Lipinski definition) is 2. The quantitative estimate of drug-likeness (QED) is 0.587. The van der Waals surface area contributed by atoms with Gasteiger partial charge in [0.15, 0.2) is 0 Å². The Kier molecular flexibility index (Phi) is 2.24. The molecule has 21 heavy (non-hydrogen) atoms. The number of anilines is 1. The molecular weight excluding hydrogens is 260 g/mol. The van der Waals surface area contributed by atoms with Gasteiger partial charge in [0.1, 0.15) is 0 Å². The van der Waals surface area contributed by atoms with Gasteiger partial charge in [-0.25, -0.2) is 0 Å². The van der Waals surface area contributed by atoms with Crippen LogP contribution in [0.4, 0.5) is 5.69 Å². The molecule has 0 aliphatic carbocycles. The number of rotatable bonds is 0. The Hall–Kier alpha value is -2.42.